The lowest BCUT2D eigenvalue weighted by atomic mass is 10.0. The summed E-state index contributed by atoms with van der Waals surface area (Å²) in [6.45, 7) is 5.63. The predicted molar refractivity (Wildman–Crippen MR) is 121 cm³/mol. The van der Waals surface area contributed by atoms with E-state index >= 15 is 0 Å². The number of pyridine rings is 1. The number of piperidine rings is 1. The van der Waals surface area contributed by atoms with Crippen LogP contribution in [0.2, 0.25) is 0 Å². The highest BCUT2D eigenvalue weighted by atomic mass is 32.1. The van der Waals surface area contributed by atoms with Crippen LogP contribution in [0.4, 0.5) is 0 Å². The number of rotatable bonds is 7. The van der Waals surface area contributed by atoms with E-state index in [1.165, 1.54) is 11.1 Å². The van der Waals surface area contributed by atoms with Crippen molar-refractivity contribution >= 4 is 17.2 Å². The summed E-state index contributed by atoms with van der Waals surface area (Å²) in [5.74, 6) is 0.0650. The third-order valence-corrected chi connectivity index (χ3v) is 6.56. The maximum atomic E-state index is 13.1. The van der Waals surface area contributed by atoms with Gasteiger partial charge in [0.05, 0.1) is 5.01 Å². The second-order valence-electron chi connectivity index (χ2n) is 7.75. The van der Waals surface area contributed by atoms with Crippen molar-refractivity contribution in [3.8, 4) is 0 Å². The van der Waals surface area contributed by atoms with Gasteiger partial charge >= 0.3 is 0 Å². The maximum absolute atomic E-state index is 13.1. The van der Waals surface area contributed by atoms with Crippen LogP contribution in [0.1, 0.15) is 46.4 Å². The summed E-state index contributed by atoms with van der Waals surface area (Å²) in [4.78, 5) is 26.3. The number of aromatic nitrogens is 2. The average Bonchev–Trinajstić information content (AvgIpc) is 3.27. The molecule has 0 saturated carbocycles. The Hall–Kier alpha value is -2.57. The summed E-state index contributed by atoms with van der Waals surface area (Å²) >= 11 is 1.58. The van der Waals surface area contributed by atoms with E-state index in [1.54, 1.807) is 11.3 Å². The Kier molecular flexibility index (Phi) is 6.87. The largest absolute Gasteiger partial charge is 0.336 e. The Balaban J connectivity index is 1.39. The summed E-state index contributed by atoms with van der Waals surface area (Å²) in [5.41, 5.74) is 3.07. The number of carbonyl (C=O) groups is 1. The third kappa shape index (κ3) is 5.12. The molecule has 3 aromatic rings. The Morgan fingerprint density at radius 1 is 1.17 bits per heavy atom. The van der Waals surface area contributed by atoms with Crippen molar-refractivity contribution in [2.24, 2.45) is 0 Å². The van der Waals surface area contributed by atoms with Gasteiger partial charge in [-0.05, 0) is 42.6 Å². The molecule has 1 aromatic carbocycles. The summed E-state index contributed by atoms with van der Waals surface area (Å²) in [6.07, 6.45) is 6.62. The van der Waals surface area contributed by atoms with Gasteiger partial charge in [-0.3, -0.25) is 14.7 Å². The quantitative estimate of drug-likeness (QED) is 0.573. The molecule has 0 bridgehead atoms. The van der Waals surface area contributed by atoms with Gasteiger partial charge in [-0.15, -0.1) is 11.3 Å². The van der Waals surface area contributed by atoms with E-state index in [4.69, 9.17) is 0 Å². The van der Waals surface area contributed by atoms with Crippen molar-refractivity contribution in [3.05, 3.63) is 82.1 Å². The van der Waals surface area contributed by atoms with E-state index in [-0.39, 0.29) is 5.91 Å². The highest BCUT2D eigenvalue weighted by Gasteiger charge is 2.29. The van der Waals surface area contributed by atoms with Crippen LogP contribution in [-0.4, -0.2) is 51.4 Å². The Morgan fingerprint density at radius 3 is 2.73 bits per heavy atom. The molecule has 4 rings (SSSR count). The van der Waals surface area contributed by atoms with E-state index in [0.29, 0.717) is 11.7 Å². The van der Waals surface area contributed by atoms with Crippen molar-refractivity contribution in [1.82, 2.24) is 19.8 Å². The molecule has 156 valence electrons. The summed E-state index contributed by atoms with van der Waals surface area (Å²) in [7, 11) is 0. The van der Waals surface area contributed by atoms with Crippen LogP contribution in [0.15, 0.2) is 60.2 Å². The number of likely N-dealkylation sites (N-methyl/N-ethyl adjacent to an activating group) is 1. The molecule has 1 amide bonds. The summed E-state index contributed by atoms with van der Waals surface area (Å²) in [5, 5.41) is 2.91. The first-order valence-electron chi connectivity index (χ1n) is 10.6. The van der Waals surface area contributed by atoms with Crippen LogP contribution in [0.3, 0.4) is 0 Å². The zero-order chi connectivity index (χ0) is 20.8. The molecule has 1 saturated heterocycles. The van der Waals surface area contributed by atoms with Gasteiger partial charge in [0.15, 0.2) is 0 Å². The van der Waals surface area contributed by atoms with Crippen molar-refractivity contribution in [1.29, 1.82) is 0 Å². The number of benzene rings is 1. The number of hydrogen-bond donors (Lipinski definition) is 0. The topological polar surface area (TPSA) is 49.3 Å². The first-order chi connectivity index (χ1) is 14.7. The van der Waals surface area contributed by atoms with Crippen LogP contribution in [0.25, 0.3) is 0 Å². The van der Waals surface area contributed by atoms with Crippen molar-refractivity contribution in [2.75, 3.05) is 19.6 Å². The predicted octanol–water partition coefficient (Wildman–Crippen LogP) is 4.26. The molecule has 0 radical (unpaired) electrons. The monoisotopic (exact) mass is 420 g/mol. The van der Waals surface area contributed by atoms with Gasteiger partial charge in [-0.25, -0.2) is 4.98 Å². The molecule has 2 aromatic heterocycles. The molecule has 0 aliphatic carbocycles. The fraction of sp³-hybridized carbons (Fsp3) is 0.375. The minimum absolute atomic E-state index is 0.0650. The number of carbonyl (C=O) groups excluding carboxylic acids is 1. The molecule has 0 spiro atoms. The van der Waals surface area contributed by atoms with E-state index in [1.807, 2.05) is 40.9 Å². The van der Waals surface area contributed by atoms with Crippen molar-refractivity contribution < 1.29 is 4.79 Å². The van der Waals surface area contributed by atoms with E-state index in [2.05, 4.69) is 46.1 Å². The van der Waals surface area contributed by atoms with E-state index in [0.717, 1.165) is 50.4 Å². The number of amides is 1. The average molecular weight is 421 g/mol. The fourth-order valence-corrected chi connectivity index (χ4v) is 4.88. The van der Waals surface area contributed by atoms with Gasteiger partial charge in [0, 0.05) is 49.9 Å². The standard InChI is InChI=1S/C24H28N4OS/c1-2-27(16-20-10-12-25-13-11-20)21-9-6-14-28(17-21)24(29)22-18-30-23(26-22)15-19-7-4-3-5-8-19/h3-5,7-8,10-13,18,21H,2,6,9,14-17H2,1H3. The first-order valence-corrected chi connectivity index (χ1v) is 11.5. The number of likely N-dealkylation sites (tertiary alicyclic amines) is 1. The Labute approximate surface area is 182 Å². The molecule has 3 heterocycles. The van der Waals surface area contributed by atoms with Crippen molar-refractivity contribution in [3.63, 3.8) is 0 Å². The van der Waals surface area contributed by atoms with Gasteiger partial charge in [0.25, 0.3) is 5.91 Å². The van der Waals surface area contributed by atoms with Crippen LogP contribution in [0, 0.1) is 0 Å². The molecule has 30 heavy (non-hydrogen) atoms. The summed E-state index contributed by atoms with van der Waals surface area (Å²) in [6, 6.07) is 14.8. The molecular weight excluding hydrogens is 392 g/mol. The smallest absolute Gasteiger partial charge is 0.273 e. The van der Waals surface area contributed by atoms with Gasteiger partial charge in [-0.1, -0.05) is 37.3 Å². The molecule has 1 unspecified atom stereocenters. The number of thiazole rings is 1. The normalized spacial score (nSPS) is 16.7. The van der Waals surface area contributed by atoms with Gasteiger partial charge < -0.3 is 4.90 Å². The fourth-order valence-electron chi connectivity index (χ4n) is 4.08. The van der Waals surface area contributed by atoms with Gasteiger partial charge in [0.1, 0.15) is 5.69 Å². The lowest BCUT2D eigenvalue weighted by Crippen LogP contribution is -2.49. The lowest BCUT2D eigenvalue weighted by molar-refractivity contribution is 0.0564. The molecule has 6 heteroatoms. The maximum Gasteiger partial charge on any atom is 0.273 e. The molecule has 1 aliphatic rings. The second kappa shape index (κ2) is 9.96. The number of hydrogen-bond acceptors (Lipinski definition) is 5. The summed E-state index contributed by atoms with van der Waals surface area (Å²) < 4.78 is 0. The molecular formula is C24H28N4OS. The highest BCUT2D eigenvalue weighted by Crippen LogP contribution is 2.21. The van der Waals surface area contributed by atoms with E-state index < -0.39 is 0 Å². The van der Waals surface area contributed by atoms with Crippen molar-refractivity contribution in [2.45, 2.75) is 38.8 Å². The molecule has 0 N–H and O–H groups in total. The minimum atomic E-state index is 0.0650. The van der Waals surface area contributed by atoms with Crippen LogP contribution in [-0.2, 0) is 13.0 Å². The molecule has 1 fully saturated rings. The SMILES string of the molecule is CCN(Cc1ccncc1)C1CCCN(C(=O)c2csc(Cc3ccccc3)n2)C1. The molecule has 1 aliphatic heterocycles. The van der Waals surface area contributed by atoms with Gasteiger partial charge in [0.2, 0.25) is 0 Å². The first kappa shape index (κ1) is 20.7. The Bertz CT molecular complexity index is 944. The minimum Gasteiger partial charge on any atom is -0.336 e. The van der Waals surface area contributed by atoms with Crippen LogP contribution < -0.4 is 0 Å². The van der Waals surface area contributed by atoms with Gasteiger partial charge in [-0.2, -0.15) is 0 Å². The van der Waals surface area contributed by atoms with Crippen LogP contribution >= 0.6 is 11.3 Å². The zero-order valence-electron chi connectivity index (χ0n) is 17.4. The Morgan fingerprint density at radius 2 is 1.97 bits per heavy atom. The highest BCUT2D eigenvalue weighted by molar-refractivity contribution is 7.09. The zero-order valence-corrected chi connectivity index (χ0v) is 18.2. The van der Waals surface area contributed by atoms with E-state index in [9.17, 15) is 4.79 Å². The second-order valence-corrected chi connectivity index (χ2v) is 8.70. The molecule has 5 nitrogen and oxygen atoms in total. The third-order valence-electron chi connectivity index (χ3n) is 5.71. The lowest BCUT2D eigenvalue weighted by Gasteiger charge is -2.38. The molecule has 1 atom stereocenters. The van der Waals surface area contributed by atoms with Crippen LogP contribution in [0.5, 0.6) is 0 Å². The number of nitrogens with zero attached hydrogens (tertiary/aromatic N) is 4.